The van der Waals surface area contributed by atoms with Gasteiger partial charge < -0.3 is 5.32 Å². The molecule has 0 aromatic carbocycles. The molecule has 1 saturated heterocycles. The molecule has 0 amide bonds. The minimum atomic E-state index is 0.674. The molecule has 1 N–H and O–H groups in total. The van der Waals surface area contributed by atoms with Gasteiger partial charge in [0.1, 0.15) is 0 Å². The summed E-state index contributed by atoms with van der Waals surface area (Å²) < 4.78 is 0. The van der Waals surface area contributed by atoms with Crippen LogP contribution in [0.4, 0.5) is 0 Å². The van der Waals surface area contributed by atoms with Gasteiger partial charge in [-0.1, -0.05) is 40.0 Å². The summed E-state index contributed by atoms with van der Waals surface area (Å²) in [5, 5.41) is 3.78. The van der Waals surface area contributed by atoms with E-state index < -0.39 is 0 Å². The molecule has 2 atom stereocenters. The van der Waals surface area contributed by atoms with Gasteiger partial charge in [-0.3, -0.25) is 9.80 Å². The van der Waals surface area contributed by atoms with Crippen LogP contribution in [0.25, 0.3) is 0 Å². The zero-order chi connectivity index (χ0) is 15.1. The molecule has 0 radical (unpaired) electrons. The molecule has 124 valence electrons. The number of nitrogens with zero attached hydrogens (tertiary/aromatic N) is 2. The van der Waals surface area contributed by atoms with Gasteiger partial charge in [0.15, 0.2) is 0 Å². The summed E-state index contributed by atoms with van der Waals surface area (Å²) >= 11 is 0. The number of rotatable bonds is 8. The first-order valence-corrected chi connectivity index (χ1v) is 9.44. The number of nitrogens with one attached hydrogen (secondary N) is 1. The van der Waals surface area contributed by atoms with Gasteiger partial charge >= 0.3 is 0 Å². The molecule has 1 heterocycles. The number of hydrogen-bond acceptors (Lipinski definition) is 3. The standard InChI is InChI=1S/C18H37N3/c1-4-10-19-18(16(3)5-2)15-20-11-13-21(14-12-20)17-8-6-7-9-17/h16-19H,4-15H2,1-3H3. The Hall–Kier alpha value is -0.120. The molecule has 3 heteroatoms. The Morgan fingerprint density at radius 2 is 1.71 bits per heavy atom. The zero-order valence-corrected chi connectivity index (χ0v) is 14.6. The van der Waals surface area contributed by atoms with Crippen molar-refractivity contribution in [2.24, 2.45) is 5.92 Å². The molecule has 3 nitrogen and oxygen atoms in total. The van der Waals surface area contributed by atoms with Crippen molar-refractivity contribution in [3.63, 3.8) is 0 Å². The van der Waals surface area contributed by atoms with Gasteiger partial charge in [-0.05, 0) is 31.7 Å². The first-order chi connectivity index (χ1) is 10.2. The molecule has 1 saturated carbocycles. The van der Waals surface area contributed by atoms with Crippen molar-refractivity contribution >= 4 is 0 Å². The van der Waals surface area contributed by atoms with Crippen LogP contribution in [-0.4, -0.2) is 61.2 Å². The lowest BCUT2D eigenvalue weighted by Crippen LogP contribution is -2.53. The van der Waals surface area contributed by atoms with Crippen molar-refractivity contribution in [1.29, 1.82) is 0 Å². The van der Waals surface area contributed by atoms with Gasteiger partial charge in [0.2, 0.25) is 0 Å². The van der Waals surface area contributed by atoms with E-state index in [0.29, 0.717) is 6.04 Å². The molecule has 2 aliphatic rings. The maximum Gasteiger partial charge on any atom is 0.0220 e. The zero-order valence-electron chi connectivity index (χ0n) is 14.6. The Morgan fingerprint density at radius 1 is 1.05 bits per heavy atom. The Balaban J connectivity index is 1.74. The fourth-order valence-corrected chi connectivity index (χ4v) is 3.92. The van der Waals surface area contributed by atoms with E-state index in [1.165, 1.54) is 71.2 Å². The predicted octanol–water partition coefficient (Wildman–Crippen LogP) is 2.96. The summed E-state index contributed by atoms with van der Waals surface area (Å²) in [6.45, 7) is 14.5. The van der Waals surface area contributed by atoms with E-state index in [2.05, 4.69) is 35.9 Å². The lowest BCUT2D eigenvalue weighted by atomic mass is 9.98. The molecule has 1 aliphatic heterocycles. The van der Waals surface area contributed by atoms with E-state index in [1.807, 2.05) is 0 Å². The second kappa shape index (κ2) is 9.12. The summed E-state index contributed by atoms with van der Waals surface area (Å²) in [6.07, 6.45) is 8.34. The van der Waals surface area contributed by atoms with Crippen LogP contribution in [0.1, 0.15) is 59.3 Å². The van der Waals surface area contributed by atoms with Gasteiger partial charge in [0.05, 0.1) is 0 Å². The van der Waals surface area contributed by atoms with Crippen molar-refractivity contribution in [2.75, 3.05) is 39.3 Å². The second-order valence-electron chi connectivity index (χ2n) is 7.22. The Morgan fingerprint density at radius 3 is 2.29 bits per heavy atom. The summed E-state index contributed by atoms with van der Waals surface area (Å²) in [4.78, 5) is 5.46. The normalized spacial score (nSPS) is 25.3. The molecule has 1 aliphatic carbocycles. The number of piperazine rings is 1. The molecular formula is C18H37N3. The monoisotopic (exact) mass is 295 g/mol. The van der Waals surface area contributed by atoms with Crippen LogP contribution >= 0.6 is 0 Å². The van der Waals surface area contributed by atoms with Crippen molar-refractivity contribution in [2.45, 2.75) is 71.4 Å². The van der Waals surface area contributed by atoms with Gasteiger partial charge in [-0.25, -0.2) is 0 Å². The Bertz CT molecular complexity index is 268. The average Bonchev–Trinajstić information content (AvgIpc) is 3.05. The summed E-state index contributed by atoms with van der Waals surface area (Å²) in [5.74, 6) is 0.782. The highest BCUT2D eigenvalue weighted by molar-refractivity contribution is 4.84. The van der Waals surface area contributed by atoms with Crippen LogP contribution in [0.2, 0.25) is 0 Å². The van der Waals surface area contributed by atoms with E-state index in [4.69, 9.17) is 0 Å². The van der Waals surface area contributed by atoms with Crippen LogP contribution in [0, 0.1) is 5.92 Å². The van der Waals surface area contributed by atoms with Crippen molar-refractivity contribution in [3.8, 4) is 0 Å². The third-order valence-electron chi connectivity index (χ3n) is 5.69. The van der Waals surface area contributed by atoms with Gasteiger partial charge in [-0.15, -0.1) is 0 Å². The Kier molecular flexibility index (Phi) is 7.48. The van der Waals surface area contributed by atoms with Crippen molar-refractivity contribution in [1.82, 2.24) is 15.1 Å². The van der Waals surface area contributed by atoms with E-state index in [1.54, 1.807) is 0 Å². The Labute approximate surface area is 132 Å². The molecule has 2 unspecified atom stereocenters. The quantitative estimate of drug-likeness (QED) is 0.743. The molecular weight excluding hydrogens is 258 g/mol. The first-order valence-electron chi connectivity index (χ1n) is 9.44. The number of hydrogen-bond donors (Lipinski definition) is 1. The van der Waals surface area contributed by atoms with Crippen LogP contribution in [0.3, 0.4) is 0 Å². The highest BCUT2D eigenvalue weighted by Crippen LogP contribution is 2.24. The predicted molar refractivity (Wildman–Crippen MR) is 91.8 cm³/mol. The van der Waals surface area contributed by atoms with Crippen LogP contribution in [-0.2, 0) is 0 Å². The SMILES string of the molecule is CCCNC(CN1CCN(C2CCCC2)CC1)C(C)CC. The largest absolute Gasteiger partial charge is 0.312 e. The highest BCUT2D eigenvalue weighted by atomic mass is 15.3. The topological polar surface area (TPSA) is 18.5 Å². The molecule has 21 heavy (non-hydrogen) atoms. The summed E-state index contributed by atoms with van der Waals surface area (Å²) in [7, 11) is 0. The highest BCUT2D eigenvalue weighted by Gasteiger charge is 2.27. The van der Waals surface area contributed by atoms with Gasteiger partial charge in [0, 0.05) is 44.8 Å². The fraction of sp³-hybridized carbons (Fsp3) is 1.00. The first kappa shape index (κ1) is 17.2. The third-order valence-corrected chi connectivity index (χ3v) is 5.69. The molecule has 0 aromatic rings. The minimum Gasteiger partial charge on any atom is -0.312 e. The minimum absolute atomic E-state index is 0.674. The van der Waals surface area contributed by atoms with Crippen molar-refractivity contribution < 1.29 is 0 Å². The molecule has 0 bridgehead atoms. The summed E-state index contributed by atoms with van der Waals surface area (Å²) in [5.41, 5.74) is 0. The molecule has 0 aromatic heterocycles. The van der Waals surface area contributed by atoms with Crippen LogP contribution in [0.5, 0.6) is 0 Å². The fourth-order valence-electron chi connectivity index (χ4n) is 3.92. The molecule has 2 rings (SSSR count). The average molecular weight is 296 g/mol. The second-order valence-corrected chi connectivity index (χ2v) is 7.22. The maximum absolute atomic E-state index is 3.78. The van der Waals surface area contributed by atoms with E-state index >= 15 is 0 Å². The van der Waals surface area contributed by atoms with Crippen molar-refractivity contribution in [3.05, 3.63) is 0 Å². The van der Waals surface area contributed by atoms with Gasteiger partial charge in [-0.2, -0.15) is 0 Å². The lowest BCUT2D eigenvalue weighted by molar-refractivity contribution is 0.0860. The van der Waals surface area contributed by atoms with Crippen LogP contribution < -0.4 is 5.32 Å². The third kappa shape index (κ3) is 5.22. The molecule has 0 spiro atoms. The summed E-state index contributed by atoms with van der Waals surface area (Å²) in [6, 6.07) is 1.59. The lowest BCUT2D eigenvalue weighted by Gasteiger charge is -2.40. The van der Waals surface area contributed by atoms with E-state index in [-0.39, 0.29) is 0 Å². The van der Waals surface area contributed by atoms with E-state index in [0.717, 1.165) is 18.5 Å². The maximum atomic E-state index is 3.78. The van der Waals surface area contributed by atoms with E-state index in [9.17, 15) is 0 Å². The smallest absolute Gasteiger partial charge is 0.0220 e. The van der Waals surface area contributed by atoms with Gasteiger partial charge in [0.25, 0.3) is 0 Å². The van der Waals surface area contributed by atoms with Crippen LogP contribution in [0.15, 0.2) is 0 Å². The molecule has 2 fully saturated rings.